The smallest absolute Gasteiger partial charge is 0.271 e. The van der Waals surface area contributed by atoms with Gasteiger partial charge >= 0.3 is 0 Å². The van der Waals surface area contributed by atoms with E-state index in [9.17, 15) is 10.1 Å². The molecular formula is C15H13N3O2S2. The summed E-state index contributed by atoms with van der Waals surface area (Å²) in [4.78, 5) is 15.0. The number of aromatic nitrogens is 1. The number of hydrogen-bond acceptors (Lipinski definition) is 6. The topological polar surface area (TPSA) is 68.1 Å². The second kappa shape index (κ2) is 6.25. The van der Waals surface area contributed by atoms with Crippen LogP contribution in [-0.2, 0) is 6.54 Å². The van der Waals surface area contributed by atoms with Gasteiger partial charge in [-0.3, -0.25) is 10.1 Å². The van der Waals surface area contributed by atoms with Crippen molar-refractivity contribution >= 4 is 34.0 Å². The minimum absolute atomic E-state index is 0.0883. The van der Waals surface area contributed by atoms with Crippen LogP contribution in [0.25, 0.3) is 10.6 Å². The fraction of sp³-hybridized carbons (Fsp3) is 0.133. The Kier molecular flexibility index (Phi) is 4.17. The molecule has 0 aliphatic heterocycles. The number of nitrogens with zero attached hydrogens (tertiary/aromatic N) is 2. The third-order valence-corrected chi connectivity index (χ3v) is 4.84. The summed E-state index contributed by atoms with van der Waals surface area (Å²) in [6, 6.07) is 6.86. The van der Waals surface area contributed by atoms with Gasteiger partial charge in [-0.25, -0.2) is 4.98 Å². The van der Waals surface area contributed by atoms with E-state index in [1.807, 2.05) is 23.8 Å². The number of benzene rings is 1. The fourth-order valence-corrected chi connectivity index (χ4v) is 3.54. The number of nitro benzene ring substituents is 1. The summed E-state index contributed by atoms with van der Waals surface area (Å²) in [5.41, 5.74) is 3.88. The van der Waals surface area contributed by atoms with Crippen molar-refractivity contribution in [3.05, 3.63) is 61.8 Å². The van der Waals surface area contributed by atoms with Crippen molar-refractivity contribution in [1.29, 1.82) is 0 Å². The van der Waals surface area contributed by atoms with E-state index in [0.717, 1.165) is 27.5 Å². The van der Waals surface area contributed by atoms with Crippen molar-refractivity contribution < 1.29 is 4.92 Å². The van der Waals surface area contributed by atoms with Crippen molar-refractivity contribution in [3.63, 3.8) is 0 Å². The number of nitro groups is 1. The van der Waals surface area contributed by atoms with Gasteiger partial charge < -0.3 is 5.32 Å². The van der Waals surface area contributed by atoms with Crippen molar-refractivity contribution in [2.45, 2.75) is 13.5 Å². The molecule has 0 amide bonds. The lowest BCUT2D eigenvalue weighted by Gasteiger charge is -2.07. The zero-order chi connectivity index (χ0) is 15.5. The maximum Gasteiger partial charge on any atom is 0.271 e. The highest BCUT2D eigenvalue weighted by Crippen LogP contribution is 2.27. The third kappa shape index (κ3) is 3.15. The minimum atomic E-state index is -0.387. The van der Waals surface area contributed by atoms with Crippen molar-refractivity contribution in [3.8, 4) is 10.6 Å². The average molecular weight is 331 g/mol. The van der Waals surface area contributed by atoms with E-state index in [0.29, 0.717) is 6.54 Å². The highest BCUT2D eigenvalue weighted by atomic mass is 32.1. The Labute approximate surface area is 135 Å². The zero-order valence-corrected chi connectivity index (χ0v) is 13.4. The fourth-order valence-electron chi connectivity index (χ4n) is 2.01. The van der Waals surface area contributed by atoms with Gasteiger partial charge in [-0.1, -0.05) is 6.07 Å². The molecule has 112 valence electrons. The average Bonchev–Trinajstić information content (AvgIpc) is 3.17. The Balaban J connectivity index is 1.73. The van der Waals surface area contributed by atoms with Gasteiger partial charge in [0.25, 0.3) is 5.69 Å². The van der Waals surface area contributed by atoms with Crippen LogP contribution in [0.4, 0.5) is 11.4 Å². The molecule has 3 rings (SSSR count). The van der Waals surface area contributed by atoms with Gasteiger partial charge in [0.15, 0.2) is 0 Å². The summed E-state index contributed by atoms with van der Waals surface area (Å²) in [6.45, 7) is 2.46. The van der Waals surface area contributed by atoms with Gasteiger partial charge in [0.1, 0.15) is 5.01 Å². The van der Waals surface area contributed by atoms with E-state index in [1.165, 1.54) is 6.07 Å². The lowest BCUT2D eigenvalue weighted by atomic mass is 10.2. The molecule has 2 heterocycles. The van der Waals surface area contributed by atoms with Crippen molar-refractivity contribution in [2.24, 2.45) is 0 Å². The molecule has 0 unspecified atom stereocenters. The summed E-state index contributed by atoms with van der Waals surface area (Å²) in [5, 5.41) is 21.2. The Hall–Kier alpha value is -2.25. The van der Waals surface area contributed by atoms with Crippen LogP contribution in [0.15, 0.2) is 40.4 Å². The molecule has 2 aromatic heterocycles. The zero-order valence-electron chi connectivity index (χ0n) is 11.8. The van der Waals surface area contributed by atoms with E-state index in [4.69, 9.17) is 0 Å². The van der Waals surface area contributed by atoms with Gasteiger partial charge in [-0.2, -0.15) is 11.3 Å². The lowest BCUT2D eigenvalue weighted by molar-refractivity contribution is -0.384. The SMILES string of the molecule is Cc1ccc([N+](=O)[O-])cc1NCc1csc(-c2ccsc2)n1. The van der Waals surface area contributed by atoms with Crippen LogP contribution in [0.2, 0.25) is 0 Å². The van der Waals surface area contributed by atoms with Gasteiger partial charge in [0, 0.05) is 34.1 Å². The number of thiophene rings is 1. The number of aryl methyl sites for hydroxylation is 1. The molecule has 0 bridgehead atoms. The minimum Gasteiger partial charge on any atom is -0.379 e. The van der Waals surface area contributed by atoms with E-state index in [2.05, 4.69) is 15.7 Å². The summed E-state index contributed by atoms with van der Waals surface area (Å²) >= 11 is 3.25. The molecule has 0 aliphatic rings. The largest absolute Gasteiger partial charge is 0.379 e. The Morgan fingerprint density at radius 1 is 1.32 bits per heavy atom. The number of hydrogen-bond donors (Lipinski definition) is 1. The van der Waals surface area contributed by atoms with Crippen LogP contribution in [-0.4, -0.2) is 9.91 Å². The standard InChI is InChI=1S/C15H13N3O2S2/c1-10-2-3-13(18(19)20)6-14(10)16-7-12-9-22-15(17-12)11-4-5-21-8-11/h2-6,8-9,16H,7H2,1H3. The molecule has 0 spiro atoms. The normalized spacial score (nSPS) is 10.6. The van der Waals surface area contributed by atoms with E-state index < -0.39 is 0 Å². The summed E-state index contributed by atoms with van der Waals surface area (Å²) in [6.07, 6.45) is 0. The first-order valence-corrected chi connectivity index (χ1v) is 8.41. The molecule has 0 atom stereocenters. The molecule has 0 saturated heterocycles. The lowest BCUT2D eigenvalue weighted by Crippen LogP contribution is -2.02. The van der Waals surface area contributed by atoms with Crippen molar-refractivity contribution in [2.75, 3.05) is 5.32 Å². The predicted octanol–water partition coefficient (Wildman–Crippen LogP) is 4.70. The molecule has 0 saturated carbocycles. The van der Waals surface area contributed by atoms with Crippen molar-refractivity contribution in [1.82, 2.24) is 4.98 Å². The van der Waals surface area contributed by atoms with E-state index >= 15 is 0 Å². The number of nitrogens with one attached hydrogen (secondary N) is 1. The first kappa shape index (κ1) is 14.7. The van der Waals surface area contributed by atoms with Crippen LogP contribution in [0, 0.1) is 17.0 Å². The van der Waals surface area contributed by atoms with Crippen LogP contribution >= 0.6 is 22.7 Å². The first-order valence-electron chi connectivity index (χ1n) is 6.59. The highest BCUT2D eigenvalue weighted by Gasteiger charge is 2.09. The molecule has 1 N–H and O–H groups in total. The van der Waals surface area contributed by atoms with Gasteiger partial charge in [0.05, 0.1) is 17.2 Å². The number of non-ortho nitro benzene ring substituents is 1. The second-order valence-corrected chi connectivity index (χ2v) is 6.40. The summed E-state index contributed by atoms with van der Waals surface area (Å²) in [7, 11) is 0. The molecular weight excluding hydrogens is 318 g/mol. The van der Waals surface area contributed by atoms with Crippen LogP contribution in [0.5, 0.6) is 0 Å². The Morgan fingerprint density at radius 2 is 2.18 bits per heavy atom. The van der Waals surface area contributed by atoms with Crippen LogP contribution in [0.1, 0.15) is 11.3 Å². The van der Waals surface area contributed by atoms with Crippen LogP contribution < -0.4 is 5.32 Å². The molecule has 22 heavy (non-hydrogen) atoms. The number of thiazole rings is 1. The van der Waals surface area contributed by atoms with E-state index in [-0.39, 0.29) is 10.6 Å². The molecule has 0 fully saturated rings. The monoisotopic (exact) mass is 331 g/mol. The second-order valence-electron chi connectivity index (χ2n) is 4.77. The number of rotatable bonds is 5. The van der Waals surface area contributed by atoms with E-state index in [1.54, 1.807) is 34.8 Å². The molecule has 5 nitrogen and oxygen atoms in total. The maximum atomic E-state index is 10.8. The molecule has 0 aliphatic carbocycles. The summed E-state index contributed by atoms with van der Waals surface area (Å²) < 4.78 is 0. The predicted molar refractivity (Wildman–Crippen MR) is 90.6 cm³/mol. The molecule has 7 heteroatoms. The molecule has 3 aromatic rings. The Morgan fingerprint density at radius 3 is 2.91 bits per heavy atom. The Bertz CT molecular complexity index is 797. The maximum absolute atomic E-state index is 10.8. The molecule has 0 radical (unpaired) electrons. The van der Waals surface area contributed by atoms with Gasteiger partial charge in [-0.15, -0.1) is 11.3 Å². The third-order valence-electron chi connectivity index (χ3n) is 3.21. The number of anilines is 1. The van der Waals surface area contributed by atoms with Gasteiger partial charge in [-0.05, 0) is 23.9 Å². The quantitative estimate of drug-likeness (QED) is 0.543. The first-order chi connectivity index (χ1) is 10.6. The molecule has 1 aromatic carbocycles. The van der Waals surface area contributed by atoms with Crippen LogP contribution in [0.3, 0.4) is 0 Å². The summed E-state index contributed by atoms with van der Waals surface area (Å²) in [5.74, 6) is 0. The highest BCUT2D eigenvalue weighted by molar-refractivity contribution is 7.14. The van der Waals surface area contributed by atoms with Gasteiger partial charge in [0.2, 0.25) is 0 Å².